The van der Waals surface area contributed by atoms with Gasteiger partial charge in [-0.3, -0.25) is 0 Å². The van der Waals surface area contributed by atoms with E-state index in [-0.39, 0.29) is 16.8 Å². The van der Waals surface area contributed by atoms with E-state index in [0.717, 1.165) is 6.42 Å². The lowest BCUT2D eigenvalue weighted by molar-refractivity contribution is 0.302. The monoisotopic (exact) mass is 239 g/mol. The highest BCUT2D eigenvalue weighted by Crippen LogP contribution is 2.29. The van der Waals surface area contributed by atoms with Crippen molar-refractivity contribution < 1.29 is 4.39 Å². The summed E-state index contributed by atoms with van der Waals surface area (Å²) in [5.74, 6) is 0.0592. The van der Waals surface area contributed by atoms with Crippen LogP contribution in [0.5, 0.6) is 0 Å². The first-order valence-electron chi connectivity index (χ1n) is 5.79. The highest BCUT2D eigenvalue weighted by atomic mass is 19.1. The van der Waals surface area contributed by atoms with Crippen LogP contribution in [0, 0.1) is 11.2 Å². The zero-order chi connectivity index (χ0) is 13.3. The predicted molar refractivity (Wildman–Crippen MR) is 70.4 cm³/mol. The van der Waals surface area contributed by atoms with Gasteiger partial charge in [0.2, 0.25) is 0 Å². The lowest BCUT2D eigenvalue weighted by Gasteiger charge is -2.33. The van der Waals surface area contributed by atoms with E-state index >= 15 is 0 Å². The number of hydrogen-bond acceptors (Lipinski definition) is 3. The summed E-state index contributed by atoms with van der Waals surface area (Å²) in [5.41, 5.74) is 5.54. The Bertz CT molecular complexity index is 394. The van der Waals surface area contributed by atoms with Gasteiger partial charge in [-0.1, -0.05) is 20.8 Å². The summed E-state index contributed by atoms with van der Waals surface area (Å²) in [6.07, 6.45) is 0.971. The summed E-state index contributed by atoms with van der Waals surface area (Å²) in [6, 6.07) is 2.94. The summed E-state index contributed by atoms with van der Waals surface area (Å²) < 4.78 is 13.0. The number of hydrogen-bond donors (Lipinski definition) is 2. The highest BCUT2D eigenvalue weighted by Gasteiger charge is 2.25. The second kappa shape index (κ2) is 4.51. The van der Waals surface area contributed by atoms with Crippen LogP contribution in [0.15, 0.2) is 12.1 Å². The van der Waals surface area contributed by atoms with Gasteiger partial charge in [-0.2, -0.15) is 0 Å². The molecule has 0 spiro atoms. The molecule has 0 fully saturated rings. The summed E-state index contributed by atoms with van der Waals surface area (Å²) in [4.78, 5) is 3.98. The summed E-state index contributed by atoms with van der Waals surface area (Å²) in [6.45, 7) is 10.7. The SMILES string of the molecule is CC(C)(C)CC(C)(C)Nc1ccc(F)c(N)n1. The van der Waals surface area contributed by atoms with E-state index in [1.54, 1.807) is 6.07 Å². The van der Waals surface area contributed by atoms with E-state index in [1.807, 2.05) is 0 Å². The average Bonchev–Trinajstić information content (AvgIpc) is 2.06. The molecule has 0 radical (unpaired) electrons. The first kappa shape index (κ1) is 13.7. The molecule has 17 heavy (non-hydrogen) atoms. The minimum absolute atomic E-state index is 0.0680. The molecule has 0 saturated carbocycles. The smallest absolute Gasteiger partial charge is 0.165 e. The number of nitrogens with zero attached hydrogens (tertiary/aromatic N) is 1. The predicted octanol–water partition coefficient (Wildman–Crippen LogP) is 3.43. The molecule has 0 aliphatic carbocycles. The third-order valence-corrected chi connectivity index (χ3v) is 2.31. The number of nitrogens with two attached hydrogens (primary N) is 1. The summed E-state index contributed by atoms with van der Waals surface area (Å²) in [5, 5.41) is 3.29. The van der Waals surface area contributed by atoms with Crippen molar-refractivity contribution in [2.75, 3.05) is 11.1 Å². The van der Waals surface area contributed by atoms with Crippen LogP contribution in [0.1, 0.15) is 41.0 Å². The van der Waals surface area contributed by atoms with Gasteiger partial charge in [0.25, 0.3) is 0 Å². The molecule has 0 bridgehead atoms. The van der Waals surface area contributed by atoms with E-state index < -0.39 is 5.82 Å². The molecule has 0 atom stereocenters. The molecule has 1 aromatic heterocycles. The number of nitrogens with one attached hydrogen (secondary N) is 1. The van der Waals surface area contributed by atoms with Gasteiger partial charge in [0.15, 0.2) is 11.6 Å². The van der Waals surface area contributed by atoms with Crippen LogP contribution in [0.4, 0.5) is 16.0 Å². The highest BCUT2D eigenvalue weighted by molar-refractivity contribution is 5.44. The Morgan fingerprint density at radius 1 is 1.24 bits per heavy atom. The minimum atomic E-state index is -0.482. The molecule has 4 heteroatoms. The Labute approximate surface area is 103 Å². The fraction of sp³-hybridized carbons (Fsp3) is 0.615. The van der Waals surface area contributed by atoms with E-state index in [2.05, 4.69) is 44.9 Å². The van der Waals surface area contributed by atoms with Crippen molar-refractivity contribution in [2.45, 2.75) is 46.6 Å². The third kappa shape index (κ3) is 4.59. The van der Waals surface area contributed by atoms with Gasteiger partial charge in [0, 0.05) is 5.54 Å². The first-order chi connectivity index (χ1) is 7.59. The first-order valence-corrected chi connectivity index (χ1v) is 5.79. The fourth-order valence-electron chi connectivity index (χ4n) is 2.24. The Balaban J connectivity index is 2.79. The Morgan fingerprint density at radius 3 is 2.29 bits per heavy atom. The molecule has 1 aromatic rings. The van der Waals surface area contributed by atoms with E-state index in [1.165, 1.54) is 6.07 Å². The van der Waals surface area contributed by atoms with Crippen LogP contribution < -0.4 is 11.1 Å². The van der Waals surface area contributed by atoms with Crippen LogP contribution in [0.2, 0.25) is 0 Å². The summed E-state index contributed by atoms with van der Waals surface area (Å²) in [7, 11) is 0. The van der Waals surface area contributed by atoms with Gasteiger partial charge >= 0.3 is 0 Å². The summed E-state index contributed by atoms with van der Waals surface area (Å²) >= 11 is 0. The number of pyridine rings is 1. The largest absolute Gasteiger partial charge is 0.381 e. The normalized spacial score (nSPS) is 12.6. The molecule has 0 unspecified atom stereocenters. The van der Waals surface area contributed by atoms with Crippen molar-refractivity contribution in [1.29, 1.82) is 0 Å². The second-order valence-electron chi connectivity index (χ2n) is 6.31. The van der Waals surface area contributed by atoms with Gasteiger partial charge in [0.1, 0.15) is 5.82 Å². The molecule has 0 aliphatic rings. The lowest BCUT2D eigenvalue weighted by Crippen LogP contribution is -2.35. The lowest BCUT2D eigenvalue weighted by atomic mass is 9.82. The van der Waals surface area contributed by atoms with Crippen molar-refractivity contribution in [3.05, 3.63) is 17.9 Å². The Kier molecular flexibility index (Phi) is 3.65. The fourth-order valence-corrected chi connectivity index (χ4v) is 2.24. The molecule has 3 nitrogen and oxygen atoms in total. The number of nitrogen functional groups attached to an aromatic ring is 1. The van der Waals surface area contributed by atoms with Crippen LogP contribution in [0.3, 0.4) is 0 Å². The molecule has 0 saturated heterocycles. The molecule has 0 aromatic carbocycles. The van der Waals surface area contributed by atoms with Crippen molar-refractivity contribution in [3.8, 4) is 0 Å². The van der Waals surface area contributed by atoms with Gasteiger partial charge in [-0.25, -0.2) is 9.37 Å². The minimum Gasteiger partial charge on any atom is -0.381 e. The second-order valence-corrected chi connectivity index (χ2v) is 6.31. The quantitative estimate of drug-likeness (QED) is 0.849. The maximum Gasteiger partial charge on any atom is 0.165 e. The van der Waals surface area contributed by atoms with Crippen molar-refractivity contribution in [2.24, 2.45) is 5.41 Å². The van der Waals surface area contributed by atoms with Crippen molar-refractivity contribution in [3.63, 3.8) is 0 Å². The number of halogens is 1. The van der Waals surface area contributed by atoms with E-state index in [0.29, 0.717) is 5.82 Å². The van der Waals surface area contributed by atoms with Crippen molar-refractivity contribution in [1.82, 2.24) is 4.98 Å². The zero-order valence-electron chi connectivity index (χ0n) is 11.3. The number of aromatic nitrogens is 1. The molecule has 1 rings (SSSR count). The average molecular weight is 239 g/mol. The Hall–Kier alpha value is -1.32. The molecule has 3 N–H and O–H groups in total. The van der Waals surface area contributed by atoms with E-state index in [4.69, 9.17) is 5.73 Å². The standard InChI is InChI=1S/C13H22FN3/c1-12(2,3)8-13(4,5)17-10-7-6-9(14)11(15)16-10/h6-7H,8H2,1-5H3,(H3,15,16,17). The Morgan fingerprint density at radius 2 is 1.82 bits per heavy atom. The van der Waals surface area contributed by atoms with Gasteiger partial charge < -0.3 is 11.1 Å². The number of rotatable bonds is 3. The van der Waals surface area contributed by atoms with Gasteiger partial charge in [-0.05, 0) is 37.8 Å². The molecular formula is C13H22FN3. The zero-order valence-corrected chi connectivity index (χ0v) is 11.3. The van der Waals surface area contributed by atoms with Crippen LogP contribution in [0.25, 0.3) is 0 Å². The van der Waals surface area contributed by atoms with Gasteiger partial charge in [-0.15, -0.1) is 0 Å². The van der Waals surface area contributed by atoms with Crippen molar-refractivity contribution >= 4 is 11.6 Å². The molecule has 1 heterocycles. The van der Waals surface area contributed by atoms with Crippen LogP contribution in [-0.2, 0) is 0 Å². The van der Waals surface area contributed by atoms with Crippen LogP contribution in [-0.4, -0.2) is 10.5 Å². The van der Waals surface area contributed by atoms with Crippen LogP contribution >= 0.6 is 0 Å². The molecule has 0 amide bonds. The van der Waals surface area contributed by atoms with E-state index in [9.17, 15) is 4.39 Å². The number of anilines is 2. The molecule has 0 aliphatic heterocycles. The maximum atomic E-state index is 13.0. The maximum absolute atomic E-state index is 13.0. The topological polar surface area (TPSA) is 50.9 Å². The van der Waals surface area contributed by atoms with Gasteiger partial charge in [0.05, 0.1) is 0 Å². The third-order valence-electron chi connectivity index (χ3n) is 2.31. The molecule has 96 valence electrons. The molecular weight excluding hydrogens is 217 g/mol.